The summed E-state index contributed by atoms with van der Waals surface area (Å²) in [6, 6.07) is 2.99. The van der Waals surface area contributed by atoms with Crippen molar-refractivity contribution in [2.75, 3.05) is 5.32 Å². The van der Waals surface area contributed by atoms with Crippen LogP contribution in [0.2, 0.25) is 0 Å². The maximum Gasteiger partial charge on any atom is 0.416 e. The zero-order valence-corrected chi connectivity index (χ0v) is 11.7. The van der Waals surface area contributed by atoms with E-state index in [-0.39, 0.29) is 17.0 Å². The standard InChI is InChI=1S/C12H8BrF3N2O2/c1-6-8(5-17-20-6)11(19)18-10-4-7(12(14,15)16)2-3-9(10)13/h2-5H,1H3,(H,18,19). The average molecular weight is 349 g/mol. The van der Waals surface area contributed by atoms with Gasteiger partial charge in [-0.2, -0.15) is 13.2 Å². The largest absolute Gasteiger partial charge is 0.416 e. The van der Waals surface area contributed by atoms with Crippen molar-refractivity contribution in [2.24, 2.45) is 0 Å². The first-order valence-corrected chi connectivity index (χ1v) is 6.17. The lowest BCUT2D eigenvalue weighted by Crippen LogP contribution is -2.14. The summed E-state index contributed by atoms with van der Waals surface area (Å²) in [5, 5.41) is 5.82. The van der Waals surface area contributed by atoms with Gasteiger partial charge in [0.2, 0.25) is 0 Å². The topological polar surface area (TPSA) is 55.1 Å². The van der Waals surface area contributed by atoms with E-state index in [1.54, 1.807) is 0 Å². The van der Waals surface area contributed by atoms with Gasteiger partial charge in [-0.05, 0) is 41.1 Å². The molecule has 0 spiro atoms. The fraction of sp³-hybridized carbons (Fsp3) is 0.167. The lowest BCUT2D eigenvalue weighted by molar-refractivity contribution is -0.137. The minimum Gasteiger partial charge on any atom is -0.361 e. The number of alkyl halides is 3. The van der Waals surface area contributed by atoms with E-state index in [0.717, 1.165) is 12.1 Å². The molecule has 0 aliphatic rings. The molecule has 1 heterocycles. The molecule has 0 aliphatic heterocycles. The first-order chi connectivity index (χ1) is 9.29. The van der Waals surface area contributed by atoms with Gasteiger partial charge in [0.1, 0.15) is 11.3 Å². The van der Waals surface area contributed by atoms with E-state index in [2.05, 4.69) is 26.4 Å². The van der Waals surface area contributed by atoms with E-state index in [9.17, 15) is 18.0 Å². The highest BCUT2D eigenvalue weighted by Gasteiger charge is 2.31. The molecule has 0 bridgehead atoms. The van der Waals surface area contributed by atoms with Gasteiger partial charge >= 0.3 is 6.18 Å². The highest BCUT2D eigenvalue weighted by molar-refractivity contribution is 9.10. The predicted octanol–water partition coefficient (Wildman–Crippen LogP) is 4.02. The van der Waals surface area contributed by atoms with E-state index in [1.165, 1.54) is 19.2 Å². The van der Waals surface area contributed by atoms with Gasteiger partial charge in [-0.15, -0.1) is 0 Å². The molecule has 1 aromatic heterocycles. The van der Waals surface area contributed by atoms with E-state index >= 15 is 0 Å². The molecule has 0 radical (unpaired) electrons. The van der Waals surface area contributed by atoms with Gasteiger partial charge in [-0.1, -0.05) is 5.16 Å². The third-order valence-electron chi connectivity index (χ3n) is 2.54. The van der Waals surface area contributed by atoms with Crippen LogP contribution in [-0.2, 0) is 6.18 Å². The van der Waals surface area contributed by atoms with Crippen LogP contribution in [-0.4, -0.2) is 11.1 Å². The van der Waals surface area contributed by atoms with E-state index in [1.807, 2.05) is 0 Å². The summed E-state index contributed by atoms with van der Waals surface area (Å²) in [7, 11) is 0. The van der Waals surface area contributed by atoms with Crippen molar-refractivity contribution in [3.8, 4) is 0 Å². The van der Waals surface area contributed by atoms with Gasteiger partial charge in [0.25, 0.3) is 5.91 Å². The molecular formula is C12H8BrF3N2O2. The van der Waals surface area contributed by atoms with Crippen LogP contribution >= 0.6 is 15.9 Å². The van der Waals surface area contributed by atoms with Crippen LogP contribution in [0.1, 0.15) is 21.7 Å². The summed E-state index contributed by atoms with van der Waals surface area (Å²) in [6.45, 7) is 1.53. The van der Waals surface area contributed by atoms with E-state index < -0.39 is 17.6 Å². The number of aromatic nitrogens is 1. The molecule has 8 heteroatoms. The van der Waals surface area contributed by atoms with Crippen molar-refractivity contribution < 1.29 is 22.5 Å². The SMILES string of the molecule is Cc1oncc1C(=O)Nc1cc(C(F)(F)F)ccc1Br. The number of halogens is 4. The Bertz CT molecular complexity index is 652. The Labute approximate surface area is 120 Å². The summed E-state index contributed by atoms with van der Waals surface area (Å²) in [4.78, 5) is 11.9. The number of anilines is 1. The molecule has 0 atom stereocenters. The first kappa shape index (κ1) is 14.6. The van der Waals surface area contributed by atoms with Crippen LogP contribution in [0.25, 0.3) is 0 Å². The maximum absolute atomic E-state index is 12.6. The highest BCUT2D eigenvalue weighted by atomic mass is 79.9. The molecular weight excluding hydrogens is 341 g/mol. The molecule has 1 N–H and O–H groups in total. The van der Waals surface area contributed by atoms with Gasteiger partial charge in [0.15, 0.2) is 0 Å². The Morgan fingerprint density at radius 1 is 1.40 bits per heavy atom. The minimum absolute atomic E-state index is 0.0189. The molecule has 2 aromatic rings. The molecule has 1 amide bonds. The van der Waals surface area contributed by atoms with Gasteiger partial charge in [0.05, 0.1) is 17.4 Å². The minimum atomic E-state index is -4.48. The van der Waals surface area contributed by atoms with E-state index in [0.29, 0.717) is 4.47 Å². The van der Waals surface area contributed by atoms with Crippen molar-refractivity contribution in [3.05, 3.63) is 45.8 Å². The van der Waals surface area contributed by atoms with Crippen molar-refractivity contribution in [1.82, 2.24) is 5.16 Å². The average Bonchev–Trinajstić information content (AvgIpc) is 2.77. The molecule has 0 saturated carbocycles. The Morgan fingerprint density at radius 3 is 2.65 bits per heavy atom. The van der Waals surface area contributed by atoms with Crippen LogP contribution in [0.4, 0.5) is 18.9 Å². The fourth-order valence-corrected chi connectivity index (χ4v) is 1.85. The number of rotatable bonds is 2. The number of nitrogens with zero attached hydrogens (tertiary/aromatic N) is 1. The molecule has 1 aromatic carbocycles. The second kappa shape index (κ2) is 5.28. The zero-order chi connectivity index (χ0) is 14.9. The molecule has 106 valence electrons. The number of hydrogen-bond acceptors (Lipinski definition) is 3. The molecule has 4 nitrogen and oxygen atoms in total. The number of nitrogens with one attached hydrogen (secondary N) is 1. The molecule has 2 rings (SSSR count). The number of hydrogen-bond donors (Lipinski definition) is 1. The highest BCUT2D eigenvalue weighted by Crippen LogP contribution is 2.34. The molecule has 0 unspecified atom stereocenters. The lowest BCUT2D eigenvalue weighted by Gasteiger charge is -2.11. The van der Waals surface area contributed by atoms with Crippen LogP contribution in [0, 0.1) is 6.92 Å². The Kier molecular flexibility index (Phi) is 3.85. The van der Waals surface area contributed by atoms with Crippen LogP contribution in [0.3, 0.4) is 0 Å². The van der Waals surface area contributed by atoms with Crippen LogP contribution in [0.15, 0.2) is 33.4 Å². The summed E-state index contributed by atoms with van der Waals surface area (Å²) in [6.07, 6.45) is -3.28. The predicted molar refractivity (Wildman–Crippen MR) is 68.3 cm³/mol. The first-order valence-electron chi connectivity index (χ1n) is 5.38. The summed E-state index contributed by atoms with van der Waals surface area (Å²) in [5.41, 5.74) is -0.669. The molecule has 0 saturated heterocycles. The number of carbonyl (C=O) groups is 1. The smallest absolute Gasteiger partial charge is 0.361 e. The quantitative estimate of drug-likeness (QED) is 0.891. The third kappa shape index (κ3) is 3.01. The van der Waals surface area contributed by atoms with E-state index in [4.69, 9.17) is 4.52 Å². The second-order valence-corrected chi connectivity index (χ2v) is 4.80. The number of benzene rings is 1. The van der Waals surface area contributed by atoms with Crippen molar-refractivity contribution in [1.29, 1.82) is 0 Å². The van der Waals surface area contributed by atoms with Gasteiger partial charge < -0.3 is 9.84 Å². The molecule has 20 heavy (non-hydrogen) atoms. The second-order valence-electron chi connectivity index (χ2n) is 3.94. The zero-order valence-electron chi connectivity index (χ0n) is 10.1. The monoisotopic (exact) mass is 348 g/mol. The fourth-order valence-electron chi connectivity index (χ4n) is 1.50. The third-order valence-corrected chi connectivity index (χ3v) is 3.23. The normalized spacial score (nSPS) is 11.4. The Morgan fingerprint density at radius 2 is 2.10 bits per heavy atom. The number of amides is 1. The van der Waals surface area contributed by atoms with Gasteiger partial charge in [-0.3, -0.25) is 4.79 Å². The lowest BCUT2D eigenvalue weighted by atomic mass is 10.2. The Balaban J connectivity index is 2.30. The Hall–Kier alpha value is -1.83. The van der Waals surface area contributed by atoms with Crippen LogP contribution in [0.5, 0.6) is 0 Å². The number of carbonyl (C=O) groups excluding carboxylic acids is 1. The summed E-state index contributed by atoms with van der Waals surface area (Å²) >= 11 is 3.09. The summed E-state index contributed by atoms with van der Waals surface area (Å²) in [5.74, 6) is -0.311. The summed E-state index contributed by atoms with van der Waals surface area (Å²) < 4.78 is 42.9. The van der Waals surface area contributed by atoms with Gasteiger partial charge in [0, 0.05) is 4.47 Å². The van der Waals surface area contributed by atoms with Crippen molar-refractivity contribution >= 4 is 27.5 Å². The number of aryl methyl sites for hydroxylation is 1. The molecule has 0 fully saturated rings. The van der Waals surface area contributed by atoms with Crippen molar-refractivity contribution in [2.45, 2.75) is 13.1 Å². The van der Waals surface area contributed by atoms with Crippen LogP contribution < -0.4 is 5.32 Å². The maximum atomic E-state index is 12.6. The molecule has 0 aliphatic carbocycles. The van der Waals surface area contributed by atoms with Gasteiger partial charge in [-0.25, -0.2) is 0 Å². The van der Waals surface area contributed by atoms with Crippen molar-refractivity contribution in [3.63, 3.8) is 0 Å².